The number of para-hydroxylation sites is 1. The average molecular weight is 252 g/mol. The first kappa shape index (κ1) is 11.8. The molecular weight excluding hydrogens is 239 g/mol. The molecule has 0 aliphatic carbocycles. The fourth-order valence-corrected chi connectivity index (χ4v) is 2.12. The Bertz CT molecular complexity index is 738. The van der Waals surface area contributed by atoms with E-state index in [4.69, 9.17) is 5.73 Å². The molecule has 0 aliphatic rings. The van der Waals surface area contributed by atoms with Crippen LogP contribution in [0, 0.1) is 5.82 Å². The quantitative estimate of drug-likeness (QED) is 0.758. The molecule has 3 aromatic rings. The SMILES string of the molecule is NCc1ccc(-c2cnc3ccccc3c2)cc1F. The minimum atomic E-state index is -0.270. The number of nitrogens with zero attached hydrogens (tertiary/aromatic N) is 1. The lowest BCUT2D eigenvalue weighted by Gasteiger charge is -2.06. The number of nitrogens with two attached hydrogens (primary N) is 1. The number of rotatable bonds is 2. The van der Waals surface area contributed by atoms with E-state index in [-0.39, 0.29) is 12.4 Å². The Balaban J connectivity index is 2.11. The van der Waals surface area contributed by atoms with Gasteiger partial charge in [-0.3, -0.25) is 4.98 Å². The highest BCUT2D eigenvalue weighted by Crippen LogP contribution is 2.24. The van der Waals surface area contributed by atoms with Gasteiger partial charge in [-0.2, -0.15) is 0 Å². The Hall–Kier alpha value is -2.26. The van der Waals surface area contributed by atoms with Crippen LogP contribution < -0.4 is 5.73 Å². The number of halogens is 1. The van der Waals surface area contributed by atoms with Crippen LogP contribution in [0.15, 0.2) is 54.7 Å². The highest BCUT2D eigenvalue weighted by molar-refractivity contribution is 5.83. The van der Waals surface area contributed by atoms with E-state index in [1.807, 2.05) is 36.4 Å². The second-order valence-electron chi connectivity index (χ2n) is 4.43. The van der Waals surface area contributed by atoms with E-state index in [2.05, 4.69) is 4.98 Å². The summed E-state index contributed by atoms with van der Waals surface area (Å²) in [6, 6.07) is 15.0. The zero-order valence-corrected chi connectivity index (χ0v) is 10.3. The van der Waals surface area contributed by atoms with Gasteiger partial charge in [-0.05, 0) is 23.8 Å². The van der Waals surface area contributed by atoms with Crippen molar-refractivity contribution in [1.29, 1.82) is 0 Å². The van der Waals surface area contributed by atoms with Gasteiger partial charge in [0.25, 0.3) is 0 Å². The molecule has 0 atom stereocenters. The molecule has 3 rings (SSSR count). The van der Waals surface area contributed by atoms with Gasteiger partial charge in [0.2, 0.25) is 0 Å². The Morgan fingerprint density at radius 2 is 1.84 bits per heavy atom. The highest BCUT2D eigenvalue weighted by atomic mass is 19.1. The van der Waals surface area contributed by atoms with Gasteiger partial charge in [0.05, 0.1) is 5.52 Å². The van der Waals surface area contributed by atoms with Gasteiger partial charge in [-0.1, -0.05) is 30.3 Å². The van der Waals surface area contributed by atoms with E-state index in [0.29, 0.717) is 5.56 Å². The second kappa shape index (κ2) is 4.78. The predicted molar refractivity (Wildman–Crippen MR) is 75.0 cm³/mol. The van der Waals surface area contributed by atoms with Crippen molar-refractivity contribution in [2.24, 2.45) is 5.73 Å². The second-order valence-corrected chi connectivity index (χ2v) is 4.43. The minimum absolute atomic E-state index is 0.210. The van der Waals surface area contributed by atoms with Crippen LogP contribution in [0.1, 0.15) is 5.56 Å². The molecule has 19 heavy (non-hydrogen) atoms. The topological polar surface area (TPSA) is 38.9 Å². The number of hydrogen-bond acceptors (Lipinski definition) is 2. The van der Waals surface area contributed by atoms with Crippen LogP contribution in [0.4, 0.5) is 4.39 Å². The molecule has 0 bridgehead atoms. The number of pyridine rings is 1. The number of hydrogen-bond donors (Lipinski definition) is 1. The van der Waals surface area contributed by atoms with Crippen molar-refractivity contribution in [3.05, 3.63) is 66.1 Å². The zero-order valence-electron chi connectivity index (χ0n) is 10.3. The zero-order chi connectivity index (χ0) is 13.2. The van der Waals surface area contributed by atoms with Gasteiger partial charge in [0.15, 0.2) is 0 Å². The van der Waals surface area contributed by atoms with Gasteiger partial charge in [-0.15, -0.1) is 0 Å². The van der Waals surface area contributed by atoms with Crippen molar-refractivity contribution < 1.29 is 4.39 Å². The van der Waals surface area contributed by atoms with Crippen LogP contribution in [0.25, 0.3) is 22.0 Å². The van der Waals surface area contributed by atoms with Gasteiger partial charge in [0, 0.05) is 29.3 Å². The molecule has 1 aromatic heterocycles. The summed E-state index contributed by atoms with van der Waals surface area (Å²) in [5.74, 6) is -0.270. The molecule has 94 valence electrons. The monoisotopic (exact) mass is 252 g/mol. The van der Waals surface area contributed by atoms with Gasteiger partial charge < -0.3 is 5.73 Å². The summed E-state index contributed by atoms with van der Waals surface area (Å²) >= 11 is 0. The first-order valence-electron chi connectivity index (χ1n) is 6.11. The lowest BCUT2D eigenvalue weighted by atomic mass is 10.0. The van der Waals surface area contributed by atoms with Crippen LogP contribution in [0.3, 0.4) is 0 Å². The molecule has 0 radical (unpaired) electrons. The molecule has 2 N–H and O–H groups in total. The summed E-state index contributed by atoms with van der Waals surface area (Å²) in [5.41, 5.74) is 8.64. The number of aromatic nitrogens is 1. The maximum atomic E-state index is 13.7. The summed E-state index contributed by atoms with van der Waals surface area (Å²) in [5, 5.41) is 1.04. The summed E-state index contributed by atoms with van der Waals surface area (Å²) in [7, 11) is 0. The molecule has 0 saturated heterocycles. The largest absolute Gasteiger partial charge is 0.326 e. The van der Waals surface area contributed by atoms with Crippen molar-refractivity contribution in [2.75, 3.05) is 0 Å². The third-order valence-corrected chi connectivity index (χ3v) is 3.20. The summed E-state index contributed by atoms with van der Waals surface area (Å²) < 4.78 is 13.7. The number of benzene rings is 2. The third kappa shape index (κ3) is 2.20. The van der Waals surface area contributed by atoms with E-state index in [1.54, 1.807) is 12.3 Å². The predicted octanol–water partition coefficient (Wildman–Crippen LogP) is 3.50. The minimum Gasteiger partial charge on any atom is -0.326 e. The van der Waals surface area contributed by atoms with E-state index >= 15 is 0 Å². The molecule has 0 fully saturated rings. The lowest BCUT2D eigenvalue weighted by molar-refractivity contribution is 0.611. The molecule has 0 unspecified atom stereocenters. The Labute approximate surface area is 110 Å². The van der Waals surface area contributed by atoms with E-state index in [1.165, 1.54) is 6.07 Å². The fourth-order valence-electron chi connectivity index (χ4n) is 2.12. The van der Waals surface area contributed by atoms with Crippen molar-refractivity contribution in [3.8, 4) is 11.1 Å². The van der Waals surface area contributed by atoms with Crippen molar-refractivity contribution >= 4 is 10.9 Å². The first-order valence-corrected chi connectivity index (χ1v) is 6.11. The van der Waals surface area contributed by atoms with E-state index < -0.39 is 0 Å². The smallest absolute Gasteiger partial charge is 0.128 e. The number of fused-ring (bicyclic) bond motifs is 1. The van der Waals surface area contributed by atoms with Crippen LogP contribution in [0.5, 0.6) is 0 Å². The van der Waals surface area contributed by atoms with Gasteiger partial charge in [-0.25, -0.2) is 4.39 Å². The molecule has 3 heteroatoms. The molecule has 0 amide bonds. The van der Waals surface area contributed by atoms with Crippen molar-refractivity contribution in [1.82, 2.24) is 4.98 Å². The molecule has 2 nitrogen and oxygen atoms in total. The van der Waals surface area contributed by atoms with E-state index in [9.17, 15) is 4.39 Å². The maximum absolute atomic E-state index is 13.7. The van der Waals surface area contributed by atoms with Crippen LogP contribution in [-0.2, 0) is 6.54 Å². The molecular formula is C16H13FN2. The molecule has 0 spiro atoms. The van der Waals surface area contributed by atoms with Crippen molar-refractivity contribution in [3.63, 3.8) is 0 Å². The lowest BCUT2D eigenvalue weighted by Crippen LogP contribution is -1.99. The average Bonchev–Trinajstić information content (AvgIpc) is 2.46. The standard InChI is InChI=1S/C16H13FN2/c17-15-8-11(5-6-13(15)9-18)14-7-12-3-1-2-4-16(12)19-10-14/h1-8,10H,9,18H2. The Morgan fingerprint density at radius 3 is 2.63 bits per heavy atom. The van der Waals surface area contributed by atoms with Crippen LogP contribution in [0.2, 0.25) is 0 Å². The van der Waals surface area contributed by atoms with Crippen LogP contribution >= 0.6 is 0 Å². The van der Waals surface area contributed by atoms with Gasteiger partial charge >= 0.3 is 0 Å². The normalized spacial score (nSPS) is 10.8. The first-order chi connectivity index (χ1) is 9.28. The Kier molecular flexibility index (Phi) is 2.97. The fraction of sp³-hybridized carbons (Fsp3) is 0.0625. The highest BCUT2D eigenvalue weighted by Gasteiger charge is 2.05. The summed E-state index contributed by atoms with van der Waals surface area (Å²) in [6.07, 6.45) is 1.76. The molecule has 0 aliphatic heterocycles. The molecule has 0 saturated carbocycles. The van der Waals surface area contributed by atoms with Crippen molar-refractivity contribution in [2.45, 2.75) is 6.54 Å². The van der Waals surface area contributed by atoms with E-state index in [0.717, 1.165) is 22.0 Å². The maximum Gasteiger partial charge on any atom is 0.128 e. The molecule has 2 aromatic carbocycles. The summed E-state index contributed by atoms with van der Waals surface area (Å²) in [6.45, 7) is 0.210. The summed E-state index contributed by atoms with van der Waals surface area (Å²) in [4.78, 5) is 4.38. The van der Waals surface area contributed by atoms with Gasteiger partial charge in [0.1, 0.15) is 5.82 Å². The van der Waals surface area contributed by atoms with Crippen LogP contribution in [-0.4, -0.2) is 4.98 Å². The Morgan fingerprint density at radius 1 is 1.00 bits per heavy atom. The third-order valence-electron chi connectivity index (χ3n) is 3.20. The molecule has 1 heterocycles.